The number of pyridine rings is 2. The number of likely N-dealkylation sites (tertiary alicyclic amines) is 1. The number of hydrogen-bond donors (Lipinski definition) is 1. The molecule has 1 amide bonds. The summed E-state index contributed by atoms with van der Waals surface area (Å²) < 4.78 is 56.5. The summed E-state index contributed by atoms with van der Waals surface area (Å²) in [6.45, 7) is 6.03. The summed E-state index contributed by atoms with van der Waals surface area (Å²) in [5.74, 6) is 1.57. The summed E-state index contributed by atoms with van der Waals surface area (Å²) in [5, 5.41) is 12.1. The molecule has 1 N–H and O–H groups in total. The van der Waals surface area contributed by atoms with E-state index < -0.39 is 30.0 Å². The van der Waals surface area contributed by atoms with Crippen LogP contribution in [0.25, 0.3) is 28.1 Å². The Balaban J connectivity index is 1.29. The van der Waals surface area contributed by atoms with Gasteiger partial charge >= 0.3 is 12.3 Å². The highest BCUT2D eigenvalue weighted by molar-refractivity contribution is 5.86. The van der Waals surface area contributed by atoms with Crippen LogP contribution in [-0.2, 0) is 4.74 Å². The van der Waals surface area contributed by atoms with Crippen LogP contribution in [0.4, 0.5) is 18.0 Å². The Hall–Kier alpha value is -3.93. The van der Waals surface area contributed by atoms with Crippen LogP contribution in [0, 0.1) is 5.92 Å². The minimum absolute atomic E-state index is 0.0341. The third kappa shape index (κ3) is 6.13. The van der Waals surface area contributed by atoms with Crippen LogP contribution < -0.4 is 10.1 Å². The molecule has 222 valence electrons. The van der Waals surface area contributed by atoms with Gasteiger partial charge in [-0.1, -0.05) is 24.3 Å². The quantitative estimate of drug-likeness (QED) is 0.288. The number of carbonyl (C=O) groups is 1. The molecule has 1 aliphatic heterocycles. The molecule has 1 saturated heterocycles. The third-order valence-corrected chi connectivity index (χ3v) is 7.44. The van der Waals surface area contributed by atoms with Crippen molar-refractivity contribution in [2.45, 2.75) is 63.9 Å². The highest BCUT2D eigenvalue weighted by Crippen LogP contribution is 2.40. The molecule has 0 radical (unpaired) electrons. The number of alkyl halides is 3. The van der Waals surface area contributed by atoms with Gasteiger partial charge in [0.1, 0.15) is 28.6 Å². The Morgan fingerprint density at radius 2 is 1.88 bits per heavy atom. The summed E-state index contributed by atoms with van der Waals surface area (Å²) in [4.78, 5) is 18.3. The lowest BCUT2D eigenvalue weighted by atomic mass is 10.1. The molecule has 1 aliphatic carbocycles. The summed E-state index contributed by atoms with van der Waals surface area (Å²) in [6.07, 6.45) is -1.07. The number of para-hydroxylation sites is 1. The number of hydrogen-bond acceptors (Lipinski definition) is 7. The van der Waals surface area contributed by atoms with Gasteiger partial charge in [-0.05, 0) is 69.7 Å². The van der Waals surface area contributed by atoms with E-state index in [1.54, 1.807) is 31.2 Å². The van der Waals surface area contributed by atoms with Crippen molar-refractivity contribution in [3.05, 3.63) is 54.2 Å². The molecule has 2 fully saturated rings. The van der Waals surface area contributed by atoms with E-state index in [1.165, 1.54) is 23.2 Å². The van der Waals surface area contributed by atoms with Gasteiger partial charge in [0.25, 0.3) is 0 Å². The Morgan fingerprint density at radius 1 is 1.07 bits per heavy atom. The van der Waals surface area contributed by atoms with E-state index >= 15 is 0 Å². The Morgan fingerprint density at radius 3 is 2.62 bits per heavy atom. The van der Waals surface area contributed by atoms with Crippen molar-refractivity contribution >= 4 is 22.6 Å². The van der Waals surface area contributed by atoms with Crippen LogP contribution in [-0.4, -0.2) is 68.1 Å². The maximum atomic E-state index is 14.6. The van der Waals surface area contributed by atoms with Gasteiger partial charge in [0.2, 0.25) is 0 Å². The summed E-state index contributed by atoms with van der Waals surface area (Å²) in [5.41, 5.74) is 0.885. The average Bonchev–Trinajstić information content (AvgIpc) is 3.48. The Labute approximate surface area is 241 Å². The van der Waals surface area contributed by atoms with Crippen LogP contribution in [0.15, 0.2) is 48.7 Å². The standard InChI is InChI=1S/C30H33F3N6O3/c1-29(2,3)42-28(40)34-21-13-14-38(16-21)26(30(31,32)33)20-10-12-24-36-37-27(39(24)15-20)22-11-9-19-5-4-6-23(25(19)35-22)41-17-18-7-8-18/h4-6,9-12,15,18,21,26H,7-8,13-14,16-17H2,1-3H3,(H,34,40)/t21-,26?/m1/s1. The Kier molecular flexibility index (Phi) is 7.20. The zero-order chi connectivity index (χ0) is 29.6. The number of halogens is 3. The van der Waals surface area contributed by atoms with Gasteiger partial charge in [-0.2, -0.15) is 13.2 Å². The summed E-state index contributed by atoms with van der Waals surface area (Å²) in [6, 6.07) is 10.0. The molecule has 3 aromatic heterocycles. The number of nitrogens with zero attached hydrogens (tertiary/aromatic N) is 5. The average molecular weight is 583 g/mol. The van der Waals surface area contributed by atoms with E-state index in [4.69, 9.17) is 14.5 Å². The molecule has 2 atom stereocenters. The third-order valence-electron chi connectivity index (χ3n) is 7.44. The molecular weight excluding hydrogens is 549 g/mol. The number of aromatic nitrogens is 4. The van der Waals surface area contributed by atoms with Gasteiger partial charge < -0.3 is 14.8 Å². The van der Waals surface area contributed by atoms with E-state index in [0.29, 0.717) is 47.4 Å². The monoisotopic (exact) mass is 582 g/mol. The summed E-state index contributed by atoms with van der Waals surface area (Å²) in [7, 11) is 0. The van der Waals surface area contributed by atoms with E-state index in [0.717, 1.165) is 18.2 Å². The zero-order valence-electron chi connectivity index (χ0n) is 23.7. The van der Waals surface area contributed by atoms with Crippen LogP contribution in [0.5, 0.6) is 5.75 Å². The predicted octanol–water partition coefficient (Wildman–Crippen LogP) is 5.94. The van der Waals surface area contributed by atoms with E-state index in [9.17, 15) is 18.0 Å². The van der Waals surface area contributed by atoms with Gasteiger partial charge in [0.15, 0.2) is 11.5 Å². The second-order valence-corrected chi connectivity index (χ2v) is 12.1. The van der Waals surface area contributed by atoms with Crippen LogP contribution in [0.1, 0.15) is 51.6 Å². The van der Waals surface area contributed by atoms with Crippen LogP contribution in [0.3, 0.4) is 0 Å². The number of rotatable bonds is 7. The number of nitrogens with one attached hydrogen (secondary N) is 1. The first-order chi connectivity index (χ1) is 19.9. The molecule has 4 heterocycles. The van der Waals surface area contributed by atoms with Crippen molar-refractivity contribution in [1.29, 1.82) is 0 Å². The summed E-state index contributed by atoms with van der Waals surface area (Å²) >= 11 is 0. The maximum absolute atomic E-state index is 14.6. The highest BCUT2D eigenvalue weighted by atomic mass is 19.4. The van der Waals surface area contributed by atoms with Gasteiger partial charge in [-0.25, -0.2) is 9.78 Å². The second kappa shape index (κ2) is 10.7. The lowest BCUT2D eigenvalue weighted by Gasteiger charge is -2.30. The first-order valence-electron chi connectivity index (χ1n) is 14.1. The number of amides is 1. The zero-order valence-corrected chi connectivity index (χ0v) is 23.7. The number of ether oxygens (including phenoxy) is 2. The van der Waals surface area contributed by atoms with E-state index in [1.807, 2.05) is 24.3 Å². The molecule has 4 aromatic rings. The van der Waals surface area contributed by atoms with Crippen molar-refractivity contribution < 1.29 is 27.4 Å². The van der Waals surface area contributed by atoms with Gasteiger partial charge in [0, 0.05) is 30.7 Å². The minimum atomic E-state index is -4.56. The largest absolute Gasteiger partial charge is 0.491 e. The van der Waals surface area contributed by atoms with Crippen LogP contribution in [0.2, 0.25) is 0 Å². The highest BCUT2D eigenvalue weighted by Gasteiger charge is 2.47. The Bertz CT molecular complexity index is 1610. The molecule has 1 aromatic carbocycles. The van der Waals surface area contributed by atoms with Crippen molar-refractivity contribution in [3.8, 4) is 17.3 Å². The number of carbonyl (C=O) groups excluding carboxylic acids is 1. The number of alkyl carbamates (subject to hydrolysis) is 1. The van der Waals surface area contributed by atoms with Gasteiger partial charge in [-0.15, -0.1) is 10.2 Å². The molecular formula is C30H33F3N6O3. The van der Waals surface area contributed by atoms with Crippen molar-refractivity contribution in [3.63, 3.8) is 0 Å². The van der Waals surface area contributed by atoms with Crippen molar-refractivity contribution in [1.82, 2.24) is 29.8 Å². The topological polar surface area (TPSA) is 93.9 Å². The fourth-order valence-corrected chi connectivity index (χ4v) is 5.32. The number of fused-ring (bicyclic) bond motifs is 2. The predicted molar refractivity (Wildman–Crippen MR) is 150 cm³/mol. The fourth-order valence-electron chi connectivity index (χ4n) is 5.32. The molecule has 2 aliphatic rings. The second-order valence-electron chi connectivity index (χ2n) is 12.1. The molecule has 6 rings (SSSR count). The molecule has 12 heteroatoms. The molecule has 1 saturated carbocycles. The minimum Gasteiger partial charge on any atom is -0.491 e. The smallest absolute Gasteiger partial charge is 0.408 e. The first-order valence-corrected chi connectivity index (χ1v) is 14.1. The molecule has 42 heavy (non-hydrogen) atoms. The first kappa shape index (κ1) is 28.2. The molecule has 1 unspecified atom stereocenters. The molecule has 0 spiro atoms. The van der Waals surface area contributed by atoms with Crippen molar-refractivity contribution in [2.75, 3.05) is 19.7 Å². The lowest BCUT2D eigenvalue weighted by Crippen LogP contribution is -2.42. The van der Waals surface area contributed by atoms with Crippen LogP contribution >= 0.6 is 0 Å². The number of benzene rings is 1. The SMILES string of the molecule is CC(C)(C)OC(=O)N[C@@H]1CCN(C(c2ccc3nnc(-c4ccc5cccc(OCC6CC6)c5n4)n3c2)C(F)(F)F)C1. The fraction of sp³-hybridized carbons (Fsp3) is 0.467. The maximum Gasteiger partial charge on any atom is 0.408 e. The lowest BCUT2D eigenvalue weighted by molar-refractivity contribution is -0.184. The van der Waals surface area contributed by atoms with Gasteiger partial charge in [0.05, 0.1) is 6.61 Å². The normalized spacial score (nSPS) is 18.9. The molecule has 0 bridgehead atoms. The van der Waals surface area contributed by atoms with E-state index in [2.05, 4.69) is 15.5 Å². The van der Waals surface area contributed by atoms with Crippen molar-refractivity contribution in [2.24, 2.45) is 5.92 Å². The molecule has 9 nitrogen and oxygen atoms in total. The van der Waals surface area contributed by atoms with E-state index in [-0.39, 0.29) is 18.7 Å². The van der Waals surface area contributed by atoms with Gasteiger partial charge in [-0.3, -0.25) is 9.30 Å².